The minimum absolute atomic E-state index is 0.165. The lowest BCUT2D eigenvalue weighted by Crippen LogP contribution is -2.58. The van der Waals surface area contributed by atoms with Crippen molar-refractivity contribution in [1.29, 1.82) is 0 Å². The standard InChI is InChI=1S/C17H27NO2/c1-12(2)11-20-16-10-15(17(16,3)4)18-13-7-6-8-14(9-13)19-5/h6-9,12,15-16,18H,10-11H2,1-5H3. The molecule has 1 aliphatic rings. The Morgan fingerprint density at radius 3 is 2.70 bits per heavy atom. The third kappa shape index (κ3) is 3.26. The number of hydrogen-bond acceptors (Lipinski definition) is 3. The molecule has 0 heterocycles. The Balaban J connectivity index is 1.92. The molecule has 0 aromatic heterocycles. The lowest BCUT2D eigenvalue weighted by molar-refractivity contribution is -0.108. The molecule has 0 aliphatic heterocycles. The van der Waals surface area contributed by atoms with E-state index in [0.717, 1.165) is 24.5 Å². The Bertz CT molecular complexity index is 442. The van der Waals surface area contributed by atoms with Crippen LogP contribution < -0.4 is 10.1 Å². The van der Waals surface area contributed by atoms with Crippen LogP contribution in [-0.2, 0) is 4.74 Å². The molecule has 112 valence electrons. The maximum atomic E-state index is 6.00. The van der Waals surface area contributed by atoms with Gasteiger partial charge in [-0.15, -0.1) is 0 Å². The number of benzene rings is 1. The van der Waals surface area contributed by atoms with Gasteiger partial charge in [0.1, 0.15) is 5.75 Å². The van der Waals surface area contributed by atoms with Gasteiger partial charge in [-0.05, 0) is 24.5 Å². The van der Waals surface area contributed by atoms with Crippen molar-refractivity contribution in [2.75, 3.05) is 19.0 Å². The van der Waals surface area contributed by atoms with Crippen LogP contribution in [-0.4, -0.2) is 25.9 Å². The average molecular weight is 277 g/mol. The Morgan fingerprint density at radius 2 is 2.10 bits per heavy atom. The van der Waals surface area contributed by atoms with E-state index in [1.54, 1.807) is 7.11 Å². The van der Waals surface area contributed by atoms with Gasteiger partial charge in [-0.3, -0.25) is 0 Å². The molecule has 1 aromatic carbocycles. The molecule has 1 aromatic rings. The zero-order valence-corrected chi connectivity index (χ0v) is 13.3. The van der Waals surface area contributed by atoms with Gasteiger partial charge in [-0.2, -0.15) is 0 Å². The smallest absolute Gasteiger partial charge is 0.120 e. The van der Waals surface area contributed by atoms with Crippen molar-refractivity contribution in [3.05, 3.63) is 24.3 Å². The van der Waals surface area contributed by atoms with E-state index in [1.807, 2.05) is 18.2 Å². The highest BCUT2D eigenvalue weighted by atomic mass is 16.5. The van der Waals surface area contributed by atoms with E-state index in [2.05, 4.69) is 39.1 Å². The highest BCUT2D eigenvalue weighted by Crippen LogP contribution is 2.44. The largest absolute Gasteiger partial charge is 0.497 e. The van der Waals surface area contributed by atoms with E-state index in [0.29, 0.717) is 18.1 Å². The van der Waals surface area contributed by atoms with Crippen molar-refractivity contribution in [1.82, 2.24) is 0 Å². The molecule has 2 rings (SSSR count). The summed E-state index contributed by atoms with van der Waals surface area (Å²) in [7, 11) is 1.70. The number of hydrogen-bond donors (Lipinski definition) is 1. The summed E-state index contributed by atoms with van der Waals surface area (Å²) in [6.07, 6.45) is 1.42. The van der Waals surface area contributed by atoms with Gasteiger partial charge in [-0.1, -0.05) is 33.8 Å². The summed E-state index contributed by atoms with van der Waals surface area (Å²) in [4.78, 5) is 0. The molecule has 0 bridgehead atoms. The van der Waals surface area contributed by atoms with Gasteiger partial charge in [0.15, 0.2) is 0 Å². The molecule has 1 aliphatic carbocycles. The predicted octanol–water partition coefficient (Wildman–Crippen LogP) is 3.95. The van der Waals surface area contributed by atoms with Crippen LogP contribution >= 0.6 is 0 Å². The summed E-state index contributed by atoms with van der Waals surface area (Å²) in [5, 5.41) is 3.60. The van der Waals surface area contributed by atoms with E-state index in [4.69, 9.17) is 9.47 Å². The van der Waals surface area contributed by atoms with Gasteiger partial charge in [-0.25, -0.2) is 0 Å². The number of rotatable bonds is 6. The molecule has 1 N–H and O–H groups in total. The van der Waals surface area contributed by atoms with Gasteiger partial charge < -0.3 is 14.8 Å². The first-order valence-electron chi connectivity index (χ1n) is 7.45. The van der Waals surface area contributed by atoms with Crippen LogP contribution in [0.2, 0.25) is 0 Å². The van der Waals surface area contributed by atoms with Gasteiger partial charge in [0, 0.05) is 29.8 Å². The monoisotopic (exact) mass is 277 g/mol. The Labute approximate surface area is 122 Å². The average Bonchev–Trinajstić information content (AvgIpc) is 2.42. The fraction of sp³-hybridized carbons (Fsp3) is 0.647. The summed E-state index contributed by atoms with van der Waals surface area (Å²) >= 11 is 0. The van der Waals surface area contributed by atoms with Gasteiger partial charge in [0.2, 0.25) is 0 Å². The van der Waals surface area contributed by atoms with Gasteiger partial charge in [0.25, 0.3) is 0 Å². The number of ether oxygens (including phenoxy) is 2. The second-order valence-electron chi connectivity index (χ2n) is 6.70. The Hall–Kier alpha value is -1.22. The van der Waals surface area contributed by atoms with Crippen molar-refractivity contribution in [3.8, 4) is 5.75 Å². The summed E-state index contributed by atoms with van der Waals surface area (Å²) in [6, 6.07) is 8.55. The number of nitrogens with one attached hydrogen (secondary N) is 1. The lowest BCUT2D eigenvalue weighted by Gasteiger charge is -2.52. The first-order chi connectivity index (χ1) is 9.43. The van der Waals surface area contributed by atoms with Crippen molar-refractivity contribution in [2.24, 2.45) is 11.3 Å². The van der Waals surface area contributed by atoms with Crippen molar-refractivity contribution in [3.63, 3.8) is 0 Å². The van der Waals surface area contributed by atoms with Crippen LogP contribution in [0.1, 0.15) is 34.1 Å². The van der Waals surface area contributed by atoms with E-state index in [1.165, 1.54) is 0 Å². The fourth-order valence-corrected chi connectivity index (χ4v) is 2.64. The van der Waals surface area contributed by atoms with Crippen LogP contribution in [0.5, 0.6) is 5.75 Å². The summed E-state index contributed by atoms with van der Waals surface area (Å²) in [6.45, 7) is 9.79. The summed E-state index contributed by atoms with van der Waals surface area (Å²) in [5.41, 5.74) is 1.28. The quantitative estimate of drug-likeness (QED) is 0.854. The Kier molecular flexibility index (Phi) is 4.59. The second kappa shape index (κ2) is 6.04. The molecule has 20 heavy (non-hydrogen) atoms. The molecule has 0 saturated heterocycles. The van der Waals surface area contributed by atoms with Gasteiger partial charge in [0.05, 0.1) is 13.2 Å². The maximum absolute atomic E-state index is 6.00. The maximum Gasteiger partial charge on any atom is 0.120 e. The zero-order chi connectivity index (χ0) is 14.8. The van der Waals surface area contributed by atoms with Crippen LogP contribution in [0.3, 0.4) is 0 Å². The van der Waals surface area contributed by atoms with Crippen molar-refractivity contribution in [2.45, 2.75) is 46.3 Å². The van der Waals surface area contributed by atoms with Crippen molar-refractivity contribution < 1.29 is 9.47 Å². The van der Waals surface area contributed by atoms with Crippen LogP contribution in [0.4, 0.5) is 5.69 Å². The minimum atomic E-state index is 0.165. The van der Waals surface area contributed by atoms with Crippen LogP contribution in [0.15, 0.2) is 24.3 Å². The van der Waals surface area contributed by atoms with Gasteiger partial charge >= 0.3 is 0 Å². The molecule has 3 heteroatoms. The summed E-state index contributed by atoms with van der Waals surface area (Å²) in [5.74, 6) is 1.48. The molecular weight excluding hydrogens is 250 g/mol. The molecular formula is C17H27NO2. The molecule has 0 amide bonds. The lowest BCUT2D eigenvalue weighted by atomic mass is 9.64. The molecule has 2 unspecified atom stereocenters. The predicted molar refractivity (Wildman–Crippen MR) is 83.4 cm³/mol. The number of anilines is 1. The van der Waals surface area contributed by atoms with E-state index in [9.17, 15) is 0 Å². The van der Waals surface area contributed by atoms with Crippen molar-refractivity contribution >= 4 is 5.69 Å². The van der Waals surface area contributed by atoms with E-state index < -0.39 is 0 Å². The third-order valence-corrected chi connectivity index (χ3v) is 4.22. The number of methoxy groups -OCH3 is 1. The van der Waals surface area contributed by atoms with Crippen LogP contribution in [0, 0.1) is 11.3 Å². The van der Waals surface area contributed by atoms with E-state index >= 15 is 0 Å². The molecule has 1 saturated carbocycles. The zero-order valence-electron chi connectivity index (χ0n) is 13.3. The molecule has 1 fully saturated rings. The Morgan fingerprint density at radius 1 is 1.35 bits per heavy atom. The SMILES string of the molecule is COc1cccc(NC2CC(OCC(C)C)C2(C)C)c1. The first kappa shape index (κ1) is 15.2. The topological polar surface area (TPSA) is 30.5 Å². The minimum Gasteiger partial charge on any atom is -0.497 e. The fourth-order valence-electron chi connectivity index (χ4n) is 2.64. The third-order valence-electron chi connectivity index (χ3n) is 4.22. The molecule has 3 nitrogen and oxygen atoms in total. The van der Waals surface area contributed by atoms with Crippen LogP contribution in [0.25, 0.3) is 0 Å². The highest BCUT2D eigenvalue weighted by molar-refractivity contribution is 5.49. The molecule has 0 spiro atoms. The molecule has 2 atom stereocenters. The first-order valence-corrected chi connectivity index (χ1v) is 7.45. The highest BCUT2D eigenvalue weighted by Gasteiger charge is 2.49. The summed E-state index contributed by atoms with van der Waals surface area (Å²) < 4.78 is 11.3. The molecule has 0 radical (unpaired) electrons. The second-order valence-corrected chi connectivity index (χ2v) is 6.70. The normalized spacial score (nSPS) is 24.3. The van der Waals surface area contributed by atoms with E-state index in [-0.39, 0.29) is 5.41 Å².